The normalized spacial score (nSPS) is 11.6. The third-order valence-electron chi connectivity index (χ3n) is 3.32. The number of hydrogen-bond donors (Lipinski definition) is 2. The second-order valence-electron chi connectivity index (χ2n) is 5.17. The molecule has 1 unspecified atom stereocenters. The number of benzene rings is 1. The summed E-state index contributed by atoms with van der Waals surface area (Å²) in [5, 5.41) is 3.43. The summed E-state index contributed by atoms with van der Waals surface area (Å²) in [6.07, 6.45) is 7.02. The van der Waals surface area contributed by atoms with Crippen LogP contribution in [0.1, 0.15) is 18.7 Å². The highest BCUT2D eigenvalue weighted by Gasteiger charge is 2.17. The molecule has 1 atom stereocenters. The van der Waals surface area contributed by atoms with Crippen molar-refractivity contribution < 1.29 is 14.0 Å². The van der Waals surface area contributed by atoms with Crippen LogP contribution in [-0.4, -0.2) is 22.8 Å². The van der Waals surface area contributed by atoms with Crippen LogP contribution in [0, 0.1) is 12.3 Å². The second-order valence-corrected chi connectivity index (χ2v) is 6.02. The van der Waals surface area contributed by atoms with Gasteiger partial charge in [0, 0.05) is 29.8 Å². The number of carbonyl (C=O) groups is 2. The fraction of sp³-hybridized carbons (Fsp3) is 0.235. The van der Waals surface area contributed by atoms with Gasteiger partial charge in [-0.25, -0.2) is 4.98 Å². The standard InChI is InChI=1S/C17H15Cl2N3O3/c1-2-3-13(17(20)24)22-15(23)6-7-16-21-9-14(25-16)11-5-4-10(18)8-12(11)19/h1,4-5,8-9,13H,3,6-7H2,(H2,20,24)(H,22,23). The largest absolute Gasteiger partial charge is 0.441 e. The molecule has 0 saturated carbocycles. The van der Waals surface area contributed by atoms with E-state index in [1.807, 2.05) is 0 Å². The number of nitrogens with zero attached hydrogens (tertiary/aromatic N) is 1. The van der Waals surface area contributed by atoms with Crippen molar-refractivity contribution in [2.24, 2.45) is 5.73 Å². The number of terminal acetylenes is 1. The van der Waals surface area contributed by atoms with Gasteiger partial charge in [0.1, 0.15) is 6.04 Å². The fourth-order valence-electron chi connectivity index (χ4n) is 2.07. The molecule has 1 aromatic heterocycles. The highest BCUT2D eigenvalue weighted by molar-refractivity contribution is 6.36. The van der Waals surface area contributed by atoms with Crippen LogP contribution >= 0.6 is 23.2 Å². The van der Waals surface area contributed by atoms with Gasteiger partial charge in [0.05, 0.1) is 11.2 Å². The van der Waals surface area contributed by atoms with Crippen LogP contribution in [0.3, 0.4) is 0 Å². The summed E-state index contributed by atoms with van der Waals surface area (Å²) in [5.74, 6) is 2.08. The van der Waals surface area contributed by atoms with Gasteiger partial charge < -0.3 is 15.5 Å². The van der Waals surface area contributed by atoms with E-state index in [1.54, 1.807) is 18.2 Å². The predicted molar refractivity (Wildman–Crippen MR) is 94.9 cm³/mol. The van der Waals surface area contributed by atoms with E-state index in [0.717, 1.165) is 0 Å². The van der Waals surface area contributed by atoms with Gasteiger partial charge in [-0.3, -0.25) is 9.59 Å². The number of rotatable bonds is 7. The number of oxazole rings is 1. The topological polar surface area (TPSA) is 98.2 Å². The van der Waals surface area contributed by atoms with Crippen molar-refractivity contribution in [3.63, 3.8) is 0 Å². The summed E-state index contributed by atoms with van der Waals surface area (Å²) >= 11 is 12.0. The molecule has 130 valence electrons. The van der Waals surface area contributed by atoms with Crippen molar-refractivity contribution >= 4 is 35.0 Å². The summed E-state index contributed by atoms with van der Waals surface area (Å²) in [5.41, 5.74) is 5.82. The highest BCUT2D eigenvalue weighted by Crippen LogP contribution is 2.30. The third-order valence-corrected chi connectivity index (χ3v) is 3.86. The van der Waals surface area contributed by atoms with E-state index in [0.29, 0.717) is 27.3 Å². The molecule has 2 rings (SSSR count). The van der Waals surface area contributed by atoms with Gasteiger partial charge in [-0.05, 0) is 18.2 Å². The molecule has 2 amide bonds. The SMILES string of the molecule is C#CCC(NC(=O)CCc1ncc(-c2ccc(Cl)cc2Cl)o1)C(N)=O. The summed E-state index contributed by atoms with van der Waals surface area (Å²) in [4.78, 5) is 27.2. The molecule has 0 bridgehead atoms. The molecule has 0 aliphatic heterocycles. The Bertz CT molecular complexity index is 827. The van der Waals surface area contributed by atoms with Crippen molar-refractivity contribution in [3.8, 4) is 23.7 Å². The molecule has 0 aliphatic rings. The predicted octanol–water partition coefficient (Wildman–Crippen LogP) is 2.57. The molecule has 6 nitrogen and oxygen atoms in total. The molecule has 1 aromatic carbocycles. The van der Waals surface area contributed by atoms with Crippen molar-refractivity contribution in [2.75, 3.05) is 0 Å². The molecule has 1 heterocycles. The minimum absolute atomic E-state index is 0.0410. The number of amides is 2. The van der Waals surface area contributed by atoms with Crippen LogP contribution in [0.25, 0.3) is 11.3 Å². The lowest BCUT2D eigenvalue weighted by Crippen LogP contribution is -2.44. The van der Waals surface area contributed by atoms with Crippen LogP contribution in [0.2, 0.25) is 10.0 Å². The van der Waals surface area contributed by atoms with Crippen LogP contribution in [0.15, 0.2) is 28.8 Å². The summed E-state index contributed by atoms with van der Waals surface area (Å²) in [6, 6.07) is 4.13. The van der Waals surface area contributed by atoms with Gasteiger partial charge in [0.2, 0.25) is 11.8 Å². The summed E-state index contributed by atoms with van der Waals surface area (Å²) in [7, 11) is 0. The smallest absolute Gasteiger partial charge is 0.240 e. The maximum atomic E-state index is 11.9. The molecule has 0 aliphatic carbocycles. The van der Waals surface area contributed by atoms with Crippen LogP contribution in [-0.2, 0) is 16.0 Å². The first-order valence-corrected chi connectivity index (χ1v) is 8.08. The Hall–Kier alpha value is -2.49. The zero-order chi connectivity index (χ0) is 18.4. The Morgan fingerprint density at radius 3 is 2.80 bits per heavy atom. The number of nitrogens with one attached hydrogen (secondary N) is 1. The number of hydrogen-bond acceptors (Lipinski definition) is 4. The number of nitrogens with two attached hydrogens (primary N) is 1. The van der Waals surface area contributed by atoms with Crippen LogP contribution in [0.4, 0.5) is 0 Å². The lowest BCUT2D eigenvalue weighted by atomic mass is 10.2. The minimum Gasteiger partial charge on any atom is -0.441 e. The van der Waals surface area contributed by atoms with Gasteiger partial charge in [-0.1, -0.05) is 23.2 Å². The van der Waals surface area contributed by atoms with E-state index >= 15 is 0 Å². The molecule has 0 radical (unpaired) electrons. The molecule has 0 fully saturated rings. The number of aryl methyl sites for hydroxylation is 1. The van der Waals surface area contributed by atoms with E-state index in [4.69, 9.17) is 39.8 Å². The van der Waals surface area contributed by atoms with Gasteiger partial charge in [0.15, 0.2) is 11.7 Å². The monoisotopic (exact) mass is 379 g/mol. The second kappa shape index (κ2) is 8.56. The first-order valence-electron chi connectivity index (χ1n) is 7.33. The molecule has 2 aromatic rings. The van der Waals surface area contributed by atoms with Crippen LogP contribution < -0.4 is 11.1 Å². The van der Waals surface area contributed by atoms with Gasteiger partial charge in [-0.2, -0.15) is 0 Å². The van der Waals surface area contributed by atoms with Crippen LogP contribution in [0.5, 0.6) is 0 Å². The number of aromatic nitrogens is 1. The molecule has 8 heteroatoms. The van der Waals surface area contributed by atoms with Gasteiger partial charge >= 0.3 is 0 Å². The lowest BCUT2D eigenvalue weighted by molar-refractivity contribution is -0.127. The number of carbonyl (C=O) groups excluding carboxylic acids is 2. The Morgan fingerprint density at radius 2 is 2.16 bits per heavy atom. The van der Waals surface area contributed by atoms with Crippen molar-refractivity contribution in [2.45, 2.75) is 25.3 Å². The van der Waals surface area contributed by atoms with Crippen molar-refractivity contribution in [3.05, 3.63) is 40.3 Å². The average Bonchev–Trinajstić information content (AvgIpc) is 3.01. The third kappa shape index (κ3) is 5.24. The molecule has 0 spiro atoms. The van der Waals surface area contributed by atoms with Crippen molar-refractivity contribution in [1.29, 1.82) is 0 Å². The van der Waals surface area contributed by atoms with E-state index in [1.165, 1.54) is 6.20 Å². The fourth-order valence-corrected chi connectivity index (χ4v) is 2.57. The molecular weight excluding hydrogens is 365 g/mol. The Morgan fingerprint density at radius 1 is 1.40 bits per heavy atom. The minimum atomic E-state index is -0.884. The zero-order valence-electron chi connectivity index (χ0n) is 13.1. The molecule has 0 saturated heterocycles. The Labute approximate surface area is 154 Å². The van der Waals surface area contributed by atoms with Gasteiger partial charge in [0.25, 0.3) is 0 Å². The van der Waals surface area contributed by atoms with Crippen molar-refractivity contribution in [1.82, 2.24) is 10.3 Å². The number of primary amides is 1. The molecule has 3 N–H and O–H groups in total. The number of halogens is 2. The van der Waals surface area contributed by atoms with E-state index in [-0.39, 0.29) is 25.2 Å². The first-order chi connectivity index (χ1) is 11.9. The Kier molecular flexibility index (Phi) is 6.45. The maximum Gasteiger partial charge on any atom is 0.240 e. The van der Waals surface area contributed by atoms with Gasteiger partial charge in [-0.15, -0.1) is 12.3 Å². The van der Waals surface area contributed by atoms with E-state index in [2.05, 4.69) is 16.2 Å². The quantitative estimate of drug-likeness (QED) is 0.722. The average molecular weight is 380 g/mol. The van der Waals surface area contributed by atoms with E-state index in [9.17, 15) is 9.59 Å². The highest BCUT2D eigenvalue weighted by atomic mass is 35.5. The summed E-state index contributed by atoms with van der Waals surface area (Å²) in [6.45, 7) is 0. The maximum absolute atomic E-state index is 11.9. The Balaban J connectivity index is 1.96. The molecular formula is C17H15Cl2N3O3. The lowest BCUT2D eigenvalue weighted by Gasteiger charge is -2.12. The zero-order valence-corrected chi connectivity index (χ0v) is 14.6. The molecule has 25 heavy (non-hydrogen) atoms. The van der Waals surface area contributed by atoms with E-state index < -0.39 is 11.9 Å². The first kappa shape index (κ1) is 18.8. The summed E-state index contributed by atoms with van der Waals surface area (Å²) < 4.78 is 5.60.